The predicted octanol–water partition coefficient (Wildman–Crippen LogP) is 1.41. The molecule has 0 bridgehead atoms. The average molecular weight is 215 g/mol. The van der Waals surface area contributed by atoms with Gasteiger partial charge in [0.1, 0.15) is 0 Å². The third-order valence-electron chi connectivity index (χ3n) is 3.51. The second-order valence-electron chi connectivity index (χ2n) is 4.75. The van der Waals surface area contributed by atoms with Gasteiger partial charge in [0.25, 0.3) is 0 Å². The van der Waals surface area contributed by atoms with E-state index in [2.05, 4.69) is 19.2 Å². The van der Waals surface area contributed by atoms with E-state index < -0.39 is 0 Å². The maximum Gasteiger partial charge on any atom is 0.0698 e. The van der Waals surface area contributed by atoms with Crippen molar-refractivity contribution in [1.29, 1.82) is 0 Å². The second kappa shape index (κ2) is 7.20. The Morgan fingerprint density at radius 3 is 2.67 bits per heavy atom. The van der Waals surface area contributed by atoms with Gasteiger partial charge in [-0.25, -0.2) is 0 Å². The summed E-state index contributed by atoms with van der Waals surface area (Å²) in [6.45, 7) is 6.90. The summed E-state index contributed by atoms with van der Waals surface area (Å²) < 4.78 is 5.21. The molecule has 0 aliphatic heterocycles. The lowest BCUT2D eigenvalue weighted by Crippen LogP contribution is -2.37. The Bertz CT molecular complexity index is 164. The molecule has 1 aliphatic carbocycles. The molecule has 0 amide bonds. The molecular weight excluding hydrogens is 190 g/mol. The normalized spacial score (nSPS) is 31.8. The van der Waals surface area contributed by atoms with Crippen molar-refractivity contribution in [2.75, 3.05) is 26.4 Å². The van der Waals surface area contributed by atoms with Crippen LogP contribution in [0.1, 0.15) is 33.1 Å². The van der Waals surface area contributed by atoms with E-state index in [1.54, 1.807) is 0 Å². The summed E-state index contributed by atoms with van der Waals surface area (Å²) in [6.07, 6.45) is 3.93. The zero-order valence-corrected chi connectivity index (χ0v) is 10.0. The molecule has 0 aromatic heterocycles. The summed E-state index contributed by atoms with van der Waals surface area (Å²) >= 11 is 0. The summed E-state index contributed by atoms with van der Waals surface area (Å²) in [7, 11) is 0. The van der Waals surface area contributed by atoms with Crippen LogP contribution < -0.4 is 5.32 Å². The van der Waals surface area contributed by atoms with Crippen LogP contribution in [-0.2, 0) is 4.74 Å². The summed E-state index contributed by atoms with van der Waals surface area (Å²) in [5.41, 5.74) is 0. The summed E-state index contributed by atoms with van der Waals surface area (Å²) in [5, 5.41) is 12.1. The highest BCUT2D eigenvalue weighted by molar-refractivity contribution is 4.79. The number of rotatable bonds is 6. The molecule has 1 rings (SSSR count). The highest BCUT2D eigenvalue weighted by Gasteiger charge is 2.23. The summed E-state index contributed by atoms with van der Waals surface area (Å²) in [6, 6.07) is 0.675. The SMILES string of the molecule is C[C@@H]1CC[C@@H](NCCOCCO)C[C@@H]1C. The van der Waals surface area contributed by atoms with Crippen molar-refractivity contribution in [1.82, 2.24) is 5.32 Å². The predicted molar refractivity (Wildman–Crippen MR) is 61.9 cm³/mol. The molecule has 15 heavy (non-hydrogen) atoms. The Labute approximate surface area is 93.2 Å². The molecule has 0 radical (unpaired) electrons. The van der Waals surface area contributed by atoms with Crippen LogP contribution in [-0.4, -0.2) is 37.5 Å². The van der Waals surface area contributed by atoms with E-state index in [0.717, 1.165) is 18.4 Å². The van der Waals surface area contributed by atoms with Crippen LogP contribution in [0, 0.1) is 11.8 Å². The lowest BCUT2D eigenvalue weighted by molar-refractivity contribution is 0.0903. The van der Waals surface area contributed by atoms with Crippen molar-refractivity contribution in [2.45, 2.75) is 39.2 Å². The van der Waals surface area contributed by atoms with Crippen molar-refractivity contribution in [3.05, 3.63) is 0 Å². The fourth-order valence-corrected chi connectivity index (χ4v) is 2.23. The van der Waals surface area contributed by atoms with Crippen LogP contribution in [0.3, 0.4) is 0 Å². The molecule has 0 heterocycles. The van der Waals surface area contributed by atoms with Gasteiger partial charge >= 0.3 is 0 Å². The number of hydrogen-bond donors (Lipinski definition) is 2. The lowest BCUT2D eigenvalue weighted by atomic mass is 9.79. The van der Waals surface area contributed by atoms with E-state index in [0.29, 0.717) is 19.3 Å². The first-order chi connectivity index (χ1) is 7.24. The van der Waals surface area contributed by atoms with Gasteiger partial charge in [0.15, 0.2) is 0 Å². The molecule has 90 valence electrons. The maximum absolute atomic E-state index is 8.53. The van der Waals surface area contributed by atoms with Gasteiger partial charge in [-0.1, -0.05) is 13.8 Å². The summed E-state index contributed by atoms with van der Waals surface area (Å²) in [5.74, 6) is 1.73. The number of ether oxygens (including phenoxy) is 1. The lowest BCUT2D eigenvalue weighted by Gasteiger charge is -2.32. The molecular formula is C12H25NO2. The second-order valence-corrected chi connectivity index (χ2v) is 4.75. The number of nitrogens with one attached hydrogen (secondary N) is 1. The molecule has 1 aliphatic rings. The average Bonchev–Trinajstić information content (AvgIpc) is 2.23. The summed E-state index contributed by atoms with van der Waals surface area (Å²) in [4.78, 5) is 0. The van der Waals surface area contributed by atoms with Crippen LogP contribution in [0.2, 0.25) is 0 Å². The van der Waals surface area contributed by atoms with E-state index in [-0.39, 0.29) is 6.61 Å². The number of aliphatic hydroxyl groups is 1. The van der Waals surface area contributed by atoms with E-state index in [1.807, 2.05) is 0 Å². The standard InChI is InChI=1S/C12H25NO2/c1-10-3-4-12(9-11(10)2)13-5-7-15-8-6-14/h10-14H,3-9H2,1-2H3/t10-,11+,12-/m1/s1. The van der Waals surface area contributed by atoms with Gasteiger partial charge in [0.2, 0.25) is 0 Å². The first-order valence-corrected chi connectivity index (χ1v) is 6.16. The first-order valence-electron chi connectivity index (χ1n) is 6.16. The maximum atomic E-state index is 8.53. The third kappa shape index (κ3) is 4.96. The molecule has 1 fully saturated rings. The minimum absolute atomic E-state index is 0.123. The van der Waals surface area contributed by atoms with E-state index in [1.165, 1.54) is 19.3 Å². The van der Waals surface area contributed by atoms with Crippen LogP contribution in [0.5, 0.6) is 0 Å². The van der Waals surface area contributed by atoms with Gasteiger partial charge in [-0.15, -0.1) is 0 Å². The van der Waals surface area contributed by atoms with Gasteiger partial charge < -0.3 is 15.2 Å². The van der Waals surface area contributed by atoms with Gasteiger partial charge in [-0.3, -0.25) is 0 Å². The molecule has 0 unspecified atom stereocenters. The van der Waals surface area contributed by atoms with Gasteiger partial charge in [0, 0.05) is 12.6 Å². The van der Waals surface area contributed by atoms with Crippen molar-refractivity contribution in [3.8, 4) is 0 Å². The molecule has 0 aromatic carbocycles. The molecule has 3 nitrogen and oxygen atoms in total. The Kier molecular flexibility index (Phi) is 6.22. The quantitative estimate of drug-likeness (QED) is 0.658. The topological polar surface area (TPSA) is 41.5 Å². The largest absolute Gasteiger partial charge is 0.394 e. The van der Waals surface area contributed by atoms with Crippen LogP contribution in [0.25, 0.3) is 0 Å². The smallest absolute Gasteiger partial charge is 0.0698 e. The van der Waals surface area contributed by atoms with Crippen LogP contribution >= 0.6 is 0 Å². The molecule has 0 saturated heterocycles. The highest BCUT2D eigenvalue weighted by Crippen LogP contribution is 2.29. The molecule has 0 aromatic rings. The fraction of sp³-hybridized carbons (Fsp3) is 1.00. The minimum Gasteiger partial charge on any atom is -0.394 e. The highest BCUT2D eigenvalue weighted by atomic mass is 16.5. The van der Waals surface area contributed by atoms with Gasteiger partial charge in [-0.05, 0) is 31.1 Å². The Hall–Kier alpha value is -0.120. The minimum atomic E-state index is 0.123. The first kappa shape index (κ1) is 12.9. The van der Waals surface area contributed by atoms with Gasteiger partial charge in [0.05, 0.1) is 19.8 Å². The molecule has 3 atom stereocenters. The zero-order chi connectivity index (χ0) is 11.1. The van der Waals surface area contributed by atoms with Crippen molar-refractivity contribution in [2.24, 2.45) is 11.8 Å². The van der Waals surface area contributed by atoms with E-state index in [4.69, 9.17) is 9.84 Å². The third-order valence-corrected chi connectivity index (χ3v) is 3.51. The van der Waals surface area contributed by atoms with E-state index in [9.17, 15) is 0 Å². The van der Waals surface area contributed by atoms with Crippen LogP contribution in [0.15, 0.2) is 0 Å². The van der Waals surface area contributed by atoms with Crippen molar-refractivity contribution >= 4 is 0 Å². The van der Waals surface area contributed by atoms with Crippen molar-refractivity contribution < 1.29 is 9.84 Å². The monoisotopic (exact) mass is 215 g/mol. The molecule has 2 N–H and O–H groups in total. The number of hydrogen-bond acceptors (Lipinski definition) is 3. The molecule has 0 spiro atoms. The van der Waals surface area contributed by atoms with Crippen molar-refractivity contribution in [3.63, 3.8) is 0 Å². The fourth-order valence-electron chi connectivity index (χ4n) is 2.23. The van der Waals surface area contributed by atoms with E-state index >= 15 is 0 Å². The van der Waals surface area contributed by atoms with Crippen LogP contribution in [0.4, 0.5) is 0 Å². The van der Waals surface area contributed by atoms with Gasteiger partial charge in [-0.2, -0.15) is 0 Å². The Morgan fingerprint density at radius 2 is 2.00 bits per heavy atom. The zero-order valence-electron chi connectivity index (χ0n) is 10.0. The number of aliphatic hydroxyl groups excluding tert-OH is 1. The molecule has 3 heteroatoms. The Morgan fingerprint density at radius 1 is 1.20 bits per heavy atom. The molecule has 1 saturated carbocycles. The Balaban J connectivity index is 2.02.